The van der Waals surface area contributed by atoms with Crippen molar-refractivity contribution in [3.05, 3.63) is 30.1 Å². The molecule has 0 aromatic carbocycles. The number of hydrogen-bond acceptors (Lipinski definition) is 3. The number of aromatic nitrogens is 1. The molecule has 1 aliphatic carbocycles. The smallest absolute Gasteiger partial charge is 0.223 e. The van der Waals surface area contributed by atoms with Gasteiger partial charge in [-0.05, 0) is 50.3 Å². The molecule has 98 valence electrons. The normalized spacial score (nSPS) is 23.6. The average Bonchev–Trinajstić information content (AvgIpc) is 2.46. The molecule has 3 N–H and O–H groups in total. The maximum absolute atomic E-state index is 12.0. The van der Waals surface area contributed by atoms with Crippen molar-refractivity contribution in [3.8, 4) is 0 Å². The summed E-state index contributed by atoms with van der Waals surface area (Å²) in [6, 6.07) is 5.73. The van der Waals surface area contributed by atoms with Gasteiger partial charge in [-0.1, -0.05) is 6.07 Å². The number of rotatable bonds is 4. The Bertz CT molecular complexity index is 372. The number of amides is 1. The third kappa shape index (κ3) is 3.53. The van der Waals surface area contributed by atoms with E-state index in [0.29, 0.717) is 12.5 Å². The van der Waals surface area contributed by atoms with Gasteiger partial charge in [0, 0.05) is 12.1 Å². The van der Waals surface area contributed by atoms with Gasteiger partial charge in [0.05, 0.1) is 12.2 Å². The molecule has 0 unspecified atom stereocenters. The first kappa shape index (κ1) is 13.0. The van der Waals surface area contributed by atoms with Gasteiger partial charge < -0.3 is 11.1 Å². The molecule has 0 atom stereocenters. The minimum absolute atomic E-state index is 0.163. The molecule has 1 heterocycles. The molecule has 0 radical (unpaired) electrons. The van der Waals surface area contributed by atoms with Crippen LogP contribution in [-0.4, -0.2) is 17.4 Å². The predicted molar refractivity (Wildman–Crippen MR) is 70.6 cm³/mol. The van der Waals surface area contributed by atoms with Crippen LogP contribution < -0.4 is 11.1 Å². The summed E-state index contributed by atoms with van der Waals surface area (Å²) in [4.78, 5) is 16.2. The Morgan fingerprint density at radius 2 is 2.11 bits per heavy atom. The largest absolute Gasteiger partial charge is 0.350 e. The van der Waals surface area contributed by atoms with Crippen molar-refractivity contribution >= 4 is 5.91 Å². The molecule has 1 fully saturated rings. The van der Waals surface area contributed by atoms with Crippen LogP contribution in [-0.2, 0) is 11.3 Å². The number of carbonyl (C=O) groups excluding carboxylic acids is 1. The zero-order valence-corrected chi connectivity index (χ0v) is 10.6. The van der Waals surface area contributed by atoms with Gasteiger partial charge in [-0.15, -0.1) is 0 Å². The molecule has 1 aromatic heterocycles. The molecule has 18 heavy (non-hydrogen) atoms. The molecule has 2 rings (SSSR count). The van der Waals surface area contributed by atoms with Crippen LogP contribution in [0, 0.1) is 11.8 Å². The van der Waals surface area contributed by atoms with Gasteiger partial charge >= 0.3 is 0 Å². The zero-order chi connectivity index (χ0) is 12.8. The second kappa shape index (κ2) is 6.50. The lowest BCUT2D eigenvalue weighted by Crippen LogP contribution is -2.34. The molecule has 0 aliphatic heterocycles. The van der Waals surface area contributed by atoms with Crippen LogP contribution in [0.15, 0.2) is 24.4 Å². The standard InChI is InChI=1S/C14H21N3O/c15-9-11-4-6-12(7-5-11)14(18)17-10-13-3-1-2-8-16-13/h1-3,8,11-12H,4-7,9-10,15H2,(H,17,18). The van der Waals surface area contributed by atoms with Crippen molar-refractivity contribution < 1.29 is 4.79 Å². The molecular weight excluding hydrogens is 226 g/mol. The Balaban J connectivity index is 1.75. The summed E-state index contributed by atoms with van der Waals surface area (Å²) in [6.07, 6.45) is 5.84. The van der Waals surface area contributed by atoms with Gasteiger partial charge in [0.2, 0.25) is 5.91 Å². The summed E-state index contributed by atoms with van der Waals surface area (Å²) in [5.74, 6) is 0.942. The third-order valence-electron chi connectivity index (χ3n) is 3.72. The number of nitrogens with two attached hydrogens (primary N) is 1. The van der Waals surface area contributed by atoms with Crippen LogP contribution in [0.4, 0.5) is 0 Å². The fourth-order valence-corrected chi connectivity index (χ4v) is 2.49. The zero-order valence-electron chi connectivity index (χ0n) is 10.6. The summed E-state index contributed by atoms with van der Waals surface area (Å²) in [6.45, 7) is 1.28. The van der Waals surface area contributed by atoms with E-state index in [-0.39, 0.29) is 11.8 Å². The maximum Gasteiger partial charge on any atom is 0.223 e. The van der Waals surface area contributed by atoms with Gasteiger partial charge in [0.25, 0.3) is 0 Å². The number of hydrogen-bond donors (Lipinski definition) is 2. The summed E-state index contributed by atoms with van der Waals surface area (Å²) in [7, 11) is 0. The van der Waals surface area contributed by atoms with Crippen molar-refractivity contribution in [1.82, 2.24) is 10.3 Å². The van der Waals surface area contributed by atoms with E-state index < -0.39 is 0 Å². The molecule has 1 amide bonds. The van der Waals surface area contributed by atoms with E-state index >= 15 is 0 Å². The molecule has 4 nitrogen and oxygen atoms in total. The number of nitrogens with one attached hydrogen (secondary N) is 1. The number of carbonyl (C=O) groups is 1. The topological polar surface area (TPSA) is 68.0 Å². The number of pyridine rings is 1. The van der Waals surface area contributed by atoms with Crippen LogP contribution in [0.25, 0.3) is 0 Å². The van der Waals surface area contributed by atoms with Crippen molar-refractivity contribution in [2.24, 2.45) is 17.6 Å². The lowest BCUT2D eigenvalue weighted by molar-refractivity contribution is -0.126. The first-order valence-corrected chi connectivity index (χ1v) is 6.67. The van der Waals surface area contributed by atoms with Crippen LogP contribution in [0.1, 0.15) is 31.4 Å². The van der Waals surface area contributed by atoms with Gasteiger partial charge in [-0.2, -0.15) is 0 Å². The first-order chi connectivity index (χ1) is 8.79. The second-order valence-electron chi connectivity index (χ2n) is 4.99. The maximum atomic E-state index is 12.0. The molecule has 1 aromatic rings. The highest BCUT2D eigenvalue weighted by Gasteiger charge is 2.25. The highest BCUT2D eigenvalue weighted by Crippen LogP contribution is 2.28. The van der Waals surface area contributed by atoms with Gasteiger partial charge in [-0.25, -0.2) is 0 Å². The number of nitrogens with zero attached hydrogens (tertiary/aromatic N) is 1. The molecular formula is C14H21N3O. The van der Waals surface area contributed by atoms with E-state index in [9.17, 15) is 4.79 Å². The van der Waals surface area contributed by atoms with Crippen LogP contribution in [0.5, 0.6) is 0 Å². The quantitative estimate of drug-likeness (QED) is 0.846. The van der Waals surface area contributed by atoms with E-state index in [4.69, 9.17) is 5.73 Å². The Morgan fingerprint density at radius 3 is 2.72 bits per heavy atom. The Kier molecular flexibility index (Phi) is 4.70. The van der Waals surface area contributed by atoms with E-state index in [0.717, 1.165) is 37.9 Å². The third-order valence-corrected chi connectivity index (χ3v) is 3.72. The Hall–Kier alpha value is -1.42. The molecule has 1 saturated carbocycles. The summed E-state index contributed by atoms with van der Waals surface area (Å²) in [5.41, 5.74) is 6.55. The molecule has 0 bridgehead atoms. The summed E-state index contributed by atoms with van der Waals surface area (Å²) in [5, 5.41) is 2.97. The summed E-state index contributed by atoms with van der Waals surface area (Å²) >= 11 is 0. The monoisotopic (exact) mass is 247 g/mol. The van der Waals surface area contributed by atoms with E-state index in [1.54, 1.807) is 6.20 Å². The van der Waals surface area contributed by atoms with E-state index in [1.165, 1.54) is 0 Å². The highest BCUT2D eigenvalue weighted by atomic mass is 16.1. The van der Waals surface area contributed by atoms with E-state index in [1.807, 2.05) is 18.2 Å². The van der Waals surface area contributed by atoms with Crippen molar-refractivity contribution in [3.63, 3.8) is 0 Å². The highest BCUT2D eigenvalue weighted by molar-refractivity contribution is 5.78. The predicted octanol–water partition coefficient (Wildman–Crippen LogP) is 1.46. The van der Waals surface area contributed by atoms with Crippen molar-refractivity contribution in [2.75, 3.05) is 6.54 Å². The van der Waals surface area contributed by atoms with Crippen LogP contribution in [0.3, 0.4) is 0 Å². The van der Waals surface area contributed by atoms with Crippen LogP contribution in [0.2, 0.25) is 0 Å². The average molecular weight is 247 g/mol. The summed E-state index contributed by atoms with van der Waals surface area (Å²) < 4.78 is 0. The first-order valence-electron chi connectivity index (χ1n) is 6.67. The lowest BCUT2D eigenvalue weighted by Gasteiger charge is -2.26. The lowest BCUT2D eigenvalue weighted by atomic mass is 9.81. The minimum atomic E-state index is 0.163. The van der Waals surface area contributed by atoms with Gasteiger partial charge in [0.15, 0.2) is 0 Å². The Labute approximate surface area is 108 Å². The van der Waals surface area contributed by atoms with Crippen molar-refractivity contribution in [1.29, 1.82) is 0 Å². The van der Waals surface area contributed by atoms with Crippen LogP contribution >= 0.6 is 0 Å². The Morgan fingerprint density at radius 1 is 1.33 bits per heavy atom. The minimum Gasteiger partial charge on any atom is -0.350 e. The second-order valence-corrected chi connectivity index (χ2v) is 4.99. The fraction of sp³-hybridized carbons (Fsp3) is 0.571. The SMILES string of the molecule is NCC1CCC(C(=O)NCc2ccccn2)CC1. The van der Waals surface area contributed by atoms with Crippen molar-refractivity contribution in [2.45, 2.75) is 32.2 Å². The van der Waals surface area contributed by atoms with Gasteiger partial charge in [-0.3, -0.25) is 9.78 Å². The molecule has 0 saturated heterocycles. The molecule has 4 heteroatoms. The molecule has 1 aliphatic rings. The van der Waals surface area contributed by atoms with E-state index in [2.05, 4.69) is 10.3 Å². The fourth-order valence-electron chi connectivity index (χ4n) is 2.49. The molecule has 0 spiro atoms. The van der Waals surface area contributed by atoms with Gasteiger partial charge in [0.1, 0.15) is 0 Å².